The monoisotopic (exact) mass is 627 g/mol. The van der Waals surface area contributed by atoms with Crippen molar-refractivity contribution in [3.8, 4) is 11.5 Å². The van der Waals surface area contributed by atoms with Crippen LogP contribution in [-0.2, 0) is 17.8 Å². The van der Waals surface area contributed by atoms with E-state index in [9.17, 15) is 14.7 Å². The van der Waals surface area contributed by atoms with Crippen molar-refractivity contribution in [1.29, 1.82) is 0 Å². The highest BCUT2D eigenvalue weighted by Gasteiger charge is 2.28. The van der Waals surface area contributed by atoms with Gasteiger partial charge in [-0.05, 0) is 68.5 Å². The number of carboxylic acid groups (broad SMARTS) is 1. The Kier molecular flexibility index (Phi) is 9.91. The van der Waals surface area contributed by atoms with Crippen LogP contribution in [0.15, 0.2) is 67.1 Å². The zero-order valence-corrected chi connectivity index (χ0v) is 27.0. The minimum atomic E-state index is -1.06. The lowest BCUT2D eigenvalue weighted by molar-refractivity contribution is 0.0291. The Hall–Kier alpha value is -4.90. The highest BCUT2D eigenvalue weighted by atomic mass is 16.6. The van der Waals surface area contributed by atoms with Crippen LogP contribution in [0, 0.1) is 0 Å². The molecule has 1 aliphatic heterocycles. The second-order valence-electron chi connectivity index (χ2n) is 12.3. The molecule has 2 aromatic carbocycles. The predicted molar refractivity (Wildman–Crippen MR) is 174 cm³/mol. The van der Waals surface area contributed by atoms with E-state index in [-0.39, 0.29) is 17.7 Å². The molecule has 4 aromatic rings. The van der Waals surface area contributed by atoms with E-state index in [1.165, 1.54) is 12.4 Å². The molecule has 2 aromatic heterocycles. The van der Waals surface area contributed by atoms with E-state index in [0.717, 1.165) is 42.6 Å². The van der Waals surface area contributed by atoms with Gasteiger partial charge in [0, 0.05) is 39.1 Å². The number of imidazole rings is 1. The van der Waals surface area contributed by atoms with E-state index in [1.54, 1.807) is 29.7 Å². The Labute approximate surface area is 269 Å². The van der Waals surface area contributed by atoms with Crippen LogP contribution in [0.1, 0.15) is 66.0 Å². The van der Waals surface area contributed by atoms with Gasteiger partial charge in [-0.25, -0.2) is 19.6 Å². The summed E-state index contributed by atoms with van der Waals surface area (Å²) in [5, 5.41) is 9.48. The number of aromatic carboxylic acids is 1. The summed E-state index contributed by atoms with van der Waals surface area (Å²) in [5.41, 5.74) is 3.54. The summed E-state index contributed by atoms with van der Waals surface area (Å²) >= 11 is 0. The van der Waals surface area contributed by atoms with Crippen molar-refractivity contribution >= 4 is 23.9 Å². The van der Waals surface area contributed by atoms with E-state index in [0.29, 0.717) is 36.1 Å². The van der Waals surface area contributed by atoms with Gasteiger partial charge >= 0.3 is 12.1 Å². The topological polar surface area (TPSA) is 119 Å². The largest absolute Gasteiger partial charge is 0.493 e. The van der Waals surface area contributed by atoms with Crippen LogP contribution >= 0.6 is 0 Å². The van der Waals surface area contributed by atoms with Crippen LogP contribution in [0.5, 0.6) is 11.5 Å². The van der Waals surface area contributed by atoms with Crippen LogP contribution in [0.3, 0.4) is 0 Å². The maximum absolute atomic E-state index is 12.5. The molecule has 11 heteroatoms. The van der Waals surface area contributed by atoms with Gasteiger partial charge in [0.05, 0.1) is 30.6 Å². The van der Waals surface area contributed by atoms with E-state index < -0.39 is 11.6 Å². The van der Waals surface area contributed by atoms with Gasteiger partial charge in [0.15, 0.2) is 11.5 Å². The summed E-state index contributed by atoms with van der Waals surface area (Å²) < 4.78 is 19.2. The molecule has 1 aliphatic rings. The lowest BCUT2D eigenvalue weighted by Crippen LogP contribution is -2.38. The SMILES string of the molecule is COc1cc2c(cc1OCc1ccccc1)CCN(CCCN(C)C(=O)OC(C)(C)C)C2/C=C/c1cnc2ncc(C(=O)O)cn12. The molecule has 0 bridgehead atoms. The van der Waals surface area contributed by atoms with Crippen molar-refractivity contribution in [2.24, 2.45) is 0 Å². The Bertz CT molecular complexity index is 1710. The number of ether oxygens (including phenoxy) is 3. The third kappa shape index (κ3) is 7.84. The third-order valence-corrected chi connectivity index (χ3v) is 7.78. The molecule has 46 heavy (non-hydrogen) atoms. The number of methoxy groups -OCH3 is 1. The number of hydrogen-bond donors (Lipinski definition) is 1. The number of nitrogens with zero attached hydrogens (tertiary/aromatic N) is 5. The smallest absolute Gasteiger partial charge is 0.410 e. The van der Waals surface area contributed by atoms with Crippen LogP contribution in [0.25, 0.3) is 11.9 Å². The number of carbonyl (C=O) groups excluding carboxylic acids is 1. The van der Waals surface area contributed by atoms with Gasteiger partial charge in [0.1, 0.15) is 12.2 Å². The second-order valence-corrected chi connectivity index (χ2v) is 12.3. The highest BCUT2D eigenvalue weighted by Crippen LogP contribution is 2.39. The van der Waals surface area contributed by atoms with Gasteiger partial charge in [-0.15, -0.1) is 0 Å². The van der Waals surface area contributed by atoms with Crippen LogP contribution in [0.2, 0.25) is 0 Å². The maximum Gasteiger partial charge on any atom is 0.410 e. The number of rotatable bonds is 11. The number of hydrogen-bond acceptors (Lipinski definition) is 8. The summed E-state index contributed by atoms with van der Waals surface area (Å²) in [7, 11) is 3.39. The lowest BCUT2D eigenvalue weighted by atomic mass is 9.91. The fourth-order valence-corrected chi connectivity index (χ4v) is 5.45. The average molecular weight is 628 g/mol. The zero-order chi connectivity index (χ0) is 32.8. The van der Waals surface area contributed by atoms with Gasteiger partial charge in [0.2, 0.25) is 5.78 Å². The first-order chi connectivity index (χ1) is 22.0. The van der Waals surface area contributed by atoms with E-state index in [1.807, 2.05) is 63.2 Å². The first-order valence-corrected chi connectivity index (χ1v) is 15.3. The number of carboxylic acids is 1. The molecular weight excluding hydrogens is 586 g/mol. The molecule has 0 radical (unpaired) electrons. The number of aromatic nitrogens is 3. The Morgan fingerprint density at radius 2 is 1.87 bits per heavy atom. The molecule has 1 N–H and O–H groups in total. The molecule has 0 spiro atoms. The number of fused-ring (bicyclic) bond motifs is 2. The molecule has 11 nitrogen and oxygen atoms in total. The Morgan fingerprint density at radius 1 is 1.11 bits per heavy atom. The van der Waals surface area contributed by atoms with Crippen molar-refractivity contribution in [2.75, 3.05) is 33.8 Å². The summed E-state index contributed by atoms with van der Waals surface area (Å²) in [6, 6.07) is 14.0. The van der Waals surface area contributed by atoms with Gasteiger partial charge in [-0.2, -0.15) is 0 Å². The standard InChI is InChI=1S/C35H41N5O6/c1-35(2,3)46-34(43)38(4)15-9-16-39-17-14-25-18-31(45-23-24-10-7-6-8-11-24)30(44-5)19-28(25)29(39)13-12-27-21-37-33-36-20-26(32(41)42)22-40(27)33/h6-8,10-13,18-22,29H,9,14-17,23H2,1-5H3,(H,41,42)/b13-12+. The second kappa shape index (κ2) is 14.0. The highest BCUT2D eigenvalue weighted by molar-refractivity contribution is 5.87. The minimum Gasteiger partial charge on any atom is -0.493 e. The molecule has 1 atom stereocenters. The third-order valence-electron chi connectivity index (χ3n) is 7.78. The van der Waals surface area contributed by atoms with Crippen molar-refractivity contribution in [3.63, 3.8) is 0 Å². The molecule has 5 rings (SSSR count). The van der Waals surface area contributed by atoms with Crippen LogP contribution in [-0.4, -0.2) is 80.7 Å². The molecule has 0 aliphatic carbocycles. The molecule has 0 fully saturated rings. The van der Waals surface area contributed by atoms with Gasteiger partial charge in [-0.1, -0.05) is 36.4 Å². The quantitative estimate of drug-likeness (QED) is 0.217. The molecule has 3 heterocycles. The summed E-state index contributed by atoms with van der Waals surface area (Å²) in [4.78, 5) is 36.6. The number of benzene rings is 2. The molecule has 0 saturated carbocycles. The van der Waals surface area contributed by atoms with Crippen molar-refractivity contribution in [3.05, 3.63) is 95.1 Å². The van der Waals surface area contributed by atoms with Crippen molar-refractivity contribution in [2.45, 2.75) is 51.9 Å². The number of amides is 1. The summed E-state index contributed by atoms with van der Waals surface area (Å²) in [6.07, 6.45) is 9.75. The maximum atomic E-state index is 12.5. The average Bonchev–Trinajstić information content (AvgIpc) is 3.44. The fourth-order valence-electron chi connectivity index (χ4n) is 5.45. The van der Waals surface area contributed by atoms with Crippen molar-refractivity contribution in [1.82, 2.24) is 24.2 Å². The minimum absolute atomic E-state index is 0.0756. The van der Waals surface area contributed by atoms with Gasteiger partial charge in [-0.3, -0.25) is 9.30 Å². The summed E-state index contributed by atoms with van der Waals surface area (Å²) in [5.74, 6) is 0.691. The molecule has 0 saturated heterocycles. The molecule has 1 amide bonds. The first kappa shape index (κ1) is 32.5. The van der Waals surface area contributed by atoms with E-state index in [4.69, 9.17) is 14.2 Å². The molecule has 242 valence electrons. The Morgan fingerprint density at radius 3 is 2.59 bits per heavy atom. The van der Waals surface area contributed by atoms with Crippen molar-refractivity contribution < 1.29 is 28.9 Å². The normalized spacial score (nSPS) is 15.1. The van der Waals surface area contributed by atoms with E-state index in [2.05, 4.69) is 27.0 Å². The van der Waals surface area contributed by atoms with Gasteiger partial charge in [0.25, 0.3) is 0 Å². The summed E-state index contributed by atoms with van der Waals surface area (Å²) in [6.45, 7) is 8.06. The van der Waals surface area contributed by atoms with Gasteiger partial charge < -0.3 is 24.2 Å². The van der Waals surface area contributed by atoms with Crippen LogP contribution < -0.4 is 9.47 Å². The molecular formula is C35H41N5O6. The fraction of sp³-hybridized carbons (Fsp3) is 0.371. The zero-order valence-electron chi connectivity index (χ0n) is 27.0. The lowest BCUT2D eigenvalue weighted by Gasteiger charge is -2.36. The van der Waals surface area contributed by atoms with Crippen LogP contribution in [0.4, 0.5) is 4.79 Å². The Balaban J connectivity index is 1.42. The first-order valence-electron chi connectivity index (χ1n) is 15.3. The number of carbonyl (C=O) groups is 2. The predicted octanol–water partition coefficient (Wildman–Crippen LogP) is 5.88. The van der Waals surface area contributed by atoms with E-state index >= 15 is 0 Å². The molecule has 1 unspecified atom stereocenters.